The van der Waals surface area contributed by atoms with Crippen molar-refractivity contribution >= 4 is 12.4 Å². The Hall–Kier alpha value is -0.736. The molecule has 0 atom stereocenters. The molecular formula is C13H17O4Y-. The van der Waals surface area contributed by atoms with Gasteiger partial charge in [0, 0.05) is 39.6 Å². The van der Waals surface area contributed by atoms with Crippen molar-refractivity contribution in [2.24, 2.45) is 0 Å². The van der Waals surface area contributed by atoms with E-state index in [0.29, 0.717) is 0 Å². The summed E-state index contributed by atoms with van der Waals surface area (Å²) in [4.78, 5) is 20.4. The Kier molecular flexibility index (Phi) is 13.8. The Bertz CT molecular complexity index is 335. The number of ether oxygens (including phenoxy) is 2. The van der Waals surface area contributed by atoms with Crippen molar-refractivity contribution in [2.45, 2.75) is 34.0 Å². The first-order valence-corrected chi connectivity index (χ1v) is 5.42. The summed E-state index contributed by atoms with van der Waals surface area (Å²) in [5.41, 5.74) is 1.76. The Balaban J connectivity index is 0. The van der Waals surface area contributed by atoms with Crippen molar-refractivity contribution in [1.82, 2.24) is 0 Å². The molecule has 0 aliphatic heterocycles. The first kappa shape index (κ1) is 19.6. The molecule has 0 amide bonds. The van der Waals surface area contributed by atoms with Gasteiger partial charge in [0.25, 0.3) is 0 Å². The molecule has 0 heterocycles. The first-order valence-electron chi connectivity index (χ1n) is 5.42. The topological polar surface area (TPSA) is 52.6 Å². The van der Waals surface area contributed by atoms with Crippen LogP contribution >= 0.6 is 0 Å². The maximum absolute atomic E-state index is 10.5. The third-order valence-electron chi connectivity index (χ3n) is 1.76. The molecule has 0 saturated heterocycles. The molecule has 0 fully saturated rings. The summed E-state index contributed by atoms with van der Waals surface area (Å²) in [6, 6.07) is 7.23. The van der Waals surface area contributed by atoms with E-state index >= 15 is 0 Å². The summed E-state index contributed by atoms with van der Waals surface area (Å²) in [5.74, 6) is -0.307. The van der Waals surface area contributed by atoms with Crippen LogP contribution in [0.2, 0.25) is 0 Å². The molecule has 5 heteroatoms. The van der Waals surface area contributed by atoms with Gasteiger partial charge in [-0.25, -0.2) is 0 Å². The first-order chi connectivity index (χ1) is 8.22. The molecule has 0 aliphatic rings. The molecule has 1 radical (unpaired) electrons. The maximum Gasteiger partial charge on any atom is 0.302 e. The maximum atomic E-state index is 10.5. The van der Waals surface area contributed by atoms with Crippen molar-refractivity contribution in [3.8, 4) is 0 Å². The SMILES string of the molecule is CC.CC(=O)OCc1ccc(CO[C-]=O)cc1.[Y]. The van der Waals surface area contributed by atoms with Crippen molar-refractivity contribution in [1.29, 1.82) is 0 Å². The molecule has 0 N–H and O–H groups in total. The number of carbonyl (C=O) groups excluding carboxylic acids is 2. The van der Waals surface area contributed by atoms with Crippen LogP contribution in [0.25, 0.3) is 0 Å². The van der Waals surface area contributed by atoms with E-state index in [9.17, 15) is 9.59 Å². The normalized spacial score (nSPS) is 8.17. The number of esters is 1. The van der Waals surface area contributed by atoms with Gasteiger partial charge >= 0.3 is 5.97 Å². The zero-order valence-electron chi connectivity index (χ0n) is 10.9. The predicted molar refractivity (Wildman–Crippen MR) is 63.7 cm³/mol. The summed E-state index contributed by atoms with van der Waals surface area (Å²) in [5, 5.41) is 0. The summed E-state index contributed by atoms with van der Waals surface area (Å²) >= 11 is 0. The second kappa shape index (κ2) is 12.7. The van der Waals surface area contributed by atoms with E-state index in [1.165, 1.54) is 13.4 Å². The fraction of sp³-hybridized carbons (Fsp3) is 0.385. The largest absolute Gasteiger partial charge is 0.650 e. The third-order valence-corrected chi connectivity index (χ3v) is 1.76. The van der Waals surface area contributed by atoms with Crippen molar-refractivity contribution < 1.29 is 51.8 Å². The molecule has 0 unspecified atom stereocenters. The molecule has 18 heavy (non-hydrogen) atoms. The van der Waals surface area contributed by atoms with Crippen LogP contribution in [-0.4, -0.2) is 12.4 Å². The van der Waals surface area contributed by atoms with Crippen molar-refractivity contribution in [3.63, 3.8) is 0 Å². The number of hydrogen-bond donors (Lipinski definition) is 0. The molecule has 1 rings (SSSR count). The minimum absolute atomic E-state index is 0. The Morgan fingerprint density at radius 3 is 1.94 bits per heavy atom. The van der Waals surface area contributed by atoms with Gasteiger partial charge in [-0.1, -0.05) is 44.6 Å². The molecule has 0 bridgehead atoms. The van der Waals surface area contributed by atoms with E-state index in [4.69, 9.17) is 4.74 Å². The van der Waals surface area contributed by atoms with Crippen LogP contribution in [0.15, 0.2) is 24.3 Å². The Morgan fingerprint density at radius 2 is 1.56 bits per heavy atom. The fourth-order valence-electron chi connectivity index (χ4n) is 1.03. The van der Waals surface area contributed by atoms with E-state index < -0.39 is 0 Å². The summed E-state index contributed by atoms with van der Waals surface area (Å²) in [7, 11) is 0. The van der Waals surface area contributed by atoms with Crippen molar-refractivity contribution in [3.05, 3.63) is 35.4 Å². The van der Waals surface area contributed by atoms with Gasteiger partial charge in [-0.3, -0.25) is 4.79 Å². The molecule has 4 nitrogen and oxygen atoms in total. The van der Waals surface area contributed by atoms with E-state index in [1.807, 2.05) is 26.0 Å². The second-order valence-electron chi connectivity index (χ2n) is 2.97. The van der Waals surface area contributed by atoms with Gasteiger partial charge in [0.15, 0.2) is 0 Å². The van der Waals surface area contributed by atoms with Crippen LogP contribution in [0, 0.1) is 0 Å². The van der Waals surface area contributed by atoms with E-state index in [0.717, 1.165) is 11.1 Å². The molecule has 0 spiro atoms. The monoisotopic (exact) mass is 326 g/mol. The van der Waals surface area contributed by atoms with E-state index in [-0.39, 0.29) is 51.9 Å². The van der Waals surface area contributed by atoms with Crippen LogP contribution < -0.4 is 0 Å². The van der Waals surface area contributed by atoms with Gasteiger partial charge in [-0.2, -0.15) is 0 Å². The second-order valence-corrected chi connectivity index (χ2v) is 2.97. The minimum Gasteiger partial charge on any atom is -0.650 e. The standard InChI is InChI=1S/C11H11O4.C2H6.Y/c1-9(13)15-7-11-4-2-10(3-5-11)6-14-8-12;1-2;/h2-5H,6-7H2,1H3;1-2H3;/q-1;;. The van der Waals surface area contributed by atoms with Crippen LogP contribution in [-0.2, 0) is 65.0 Å². The fourth-order valence-corrected chi connectivity index (χ4v) is 1.03. The predicted octanol–water partition coefficient (Wildman–Crippen LogP) is 2.36. The summed E-state index contributed by atoms with van der Waals surface area (Å²) < 4.78 is 9.28. The average Bonchev–Trinajstić information content (AvgIpc) is 2.37. The minimum atomic E-state index is -0.307. The number of rotatable bonds is 5. The van der Waals surface area contributed by atoms with Crippen molar-refractivity contribution in [2.75, 3.05) is 0 Å². The van der Waals surface area contributed by atoms with Gasteiger partial charge in [-0.05, 0) is 11.1 Å². The zero-order chi connectivity index (χ0) is 13.1. The van der Waals surface area contributed by atoms with Gasteiger partial charge in [0.2, 0.25) is 0 Å². The van der Waals surface area contributed by atoms with Crippen LogP contribution in [0.1, 0.15) is 31.9 Å². The van der Waals surface area contributed by atoms with Gasteiger partial charge in [-0.15, -0.1) is 0 Å². The van der Waals surface area contributed by atoms with E-state index in [1.54, 1.807) is 12.1 Å². The number of carbonyl (C=O) groups is 1. The molecule has 97 valence electrons. The summed E-state index contributed by atoms with van der Waals surface area (Å²) in [6.45, 7) is 7.18. The van der Waals surface area contributed by atoms with Crippen LogP contribution in [0.4, 0.5) is 0 Å². The quantitative estimate of drug-likeness (QED) is 0.616. The molecule has 1 aromatic rings. The van der Waals surface area contributed by atoms with Gasteiger partial charge < -0.3 is 14.3 Å². The summed E-state index contributed by atoms with van der Waals surface area (Å²) in [6.07, 6.45) is 0. The molecule has 0 aliphatic carbocycles. The molecule has 0 saturated carbocycles. The van der Waals surface area contributed by atoms with E-state index in [2.05, 4.69) is 4.74 Å². The Morgan fingerprint density at radius 1 is 1.11 bits per heavy atom. The molecule has 1 aromatic carbocycles. The third kappa shape index (κ3) is 9.31. The van der Waals surface area contributed by atoms with Gasteiger partial charge in [0.05, 0.1) is 6.61 Å². The Labute approximate surface area is 133 Å². The molecular weight excluding hydrogens is 309 g/mol. The number of hydrogen-bond acceptors (Lipinski definition) is 4. The average molecular weight is 326 g/mol. The van der Waals surface area contributed by atoms with Gasteiger partial charge in [0.1, 0.15) is 6.61 Å². The van der Waals surface area contributed by atoms with Crippen LogP contribution in [0.3, 0.4) is 0 Å². The zero-order valence-corrected chi connectivity index (χ0v) is 13.8. The smallest absolute Gasteiger partial charge is 0.302 e. The number of benzene rings is 1. The van der Waals surface area contributed by atoms with Crippen LogP contribution in [0.5, 0.6) is 0 Å². The molecule has 0 aromatic heterocycles.